The molecule has 1 fully saturated rings. The number of nitrogens with one attached hydrogen (secondary N) is 1. The van der Waals surface area contributed by atoms with Gasteiger partial charge in [0.15, 0.2) is 0 Å². The molecule has 0 spiro atoms. The zero-order valence-electron chi connectivity index (χ0n) is 12.1. The SMILES string of the molecule is CNC1(COc2cnc(F)c(-c3ccc(Cl)cc3)c2)CC1.Cl. The molecule has 22 heavy (non-hydrogen) atoms. The third-order valence-corrected chi connectivity index (χ3v) is 4.12. The Morgan fingerprint density at radius 3 is 2.59 bits per heavy atom. The van der Waals surface area contributed by atoms with Gasteiger partial charge in [0.1, 0.15) is 12.4 Å². The van der Waals surface area contributed by atoms with Crippen LogP contribution in [0.2, 0.25) is 5.02 Å². The maximum atomic E-state index is 13.9. The Hall–Kier alpha value is -1.36. The molecule has 2 aromatic rings. The van der Waals surface area contributed by atoms with E-state index in [2.05, 4.69) is 10.3 Å². The average Bonchev–Trinajstić information content (AvgIpc) is 3.28. The lowest BCUT2D eigenvalue weighted by atomic mass is 10.1. The van der Waals surface area contributed by atoms with Crippen LogP contribution in [0, 0.1) is 5.95 Å². The van der Waals surface area contributed by atoms with Crippen LogP contribution < -0.4 is 10.1 Å². The maximum absolute atomic E-state index is 13.9. The van der Waals surface area contributed by atoms with E-state index in [1.807, 2.05) is 7.05 Å². The van der Waals surface area contributed by atoms with Gasteiger partial charge in [-0.25, -0.2) is 4.98 Å². The van der Waals surface area contributed by atoms with Crippen molar-refractivity contribution in [3.05, 3.63) is 47.5 Å². The van der Waals surface area contributed by atoms with E-state index >= 15 is 0 Å². The van der Waals surface area contributed by atoms with Crippen LogP contribution in [0.15, 0.2) is 36.5 Å². The van der Waals surface area contributed by atoms with Crippen molar-refractivity contribution in [3.63, 3.8) is 0 Å². The van der Waals surface area contributed by atoms with Gasteiger partial charge < -0.3 is 10.1 Å². The van der Waals surface area contributed by atoms with Gasteiger partial charge >= 0.3 is 0 Å². The Bertz CT molecular complexity index is 645. The van der Waals surface area contributed by atoms with Crippen LogP contribution in [0.5, 0.6) is 5.75 Å². The minimum Gasteiger partial charge on any atom is -0.490 e. The third kappa shape index (κ3) is 3.69. The summed E-state index contributed by atoms with van der Waals surface area (Å²) in [4.78, 5) is 3.78. The van der Waals surface area contributed by atoms with Crippen molar-refractivity contribution in [2.45, 2.75) is 18.4 Å². The summed E-state index contributed by atoms with van der Waals surface area (Å²) in [6, 6.07) is 8.66. The summed E-state index contributed by atoms with van der Waals surface area (Å²) in [5.41, 5.74) is 1.22. The molecule has 1 heterocycles. The number of ether oxygens (including phenoxy) is 1. The number of benzene rings is 1. The van der Waals surface area contributed by atoms with Crippen LogP contribution in [0.1, 0.15) is 12.8 Å². The molecule has 0 unspecified atom stereocenters. The summed E-state index contributed by atoms with van der Waals surface area (Å²) < 4.78 is 19.6. The molecule has 1 saturated carbocycles. The molecule has 1 aromatic heterocycles. The Morgan fingerprint density at radius 1 is 1.32 bits per heavy atom. The highest BCUT2D eigenvalue weighted by molar-refractivity contribution is 6.30. The summed E-state index contributed by atoms with van der Waals surface area (Å²) in [5.74, 6) is 0.0577. The molecule has 118 valence electrons. The fraction of sp³-hybridized carbons (Fsp3) is 0.312. The predicted octanol–water partition coefficient (Wildman–Crippen LogP) is 4.09. The van der Waals surface area contributed by atoms with Gasteiger partial charge in [0.2, 0.25) is 5.95 Å². The van der Waals surface area contributed by atoms with Crippen molar-refractivity contribution in [3.8, 4) is 16.9 Å². The number of pyridine rings is 1. The van der Waals surface area contributed by atoms with Crippen LogP contribution in [0.3, 0.4) is 0 Å². The molecule has 0 radical (unpaired) electrons. The highest BCUT2D eigenvalue weighted by Gasteiger charge is 2.41. The fourth-order valence-corrected chi connectivity index (χ4v) is 2.30. The van der Waals surface area contributed by atoms with E-state index in [9.17, 15) is 4.39 Å². The normalized spacial score (nSPS) is 15.0. The minimum absolute atomic E-state index is 0. The first kappa shape index (κ1) is 17.0. The van der Waals surface area contributed by atoms with Gasteiger partial charge in [0, 0.05) is 10.6 Å². The van der Waals surface area contributed by atoms with Crippen LogP contribution >= 0.6 is 24.0 Å². The largest absolute Gasteiger partial charge is 0.490 e. The van der Waals surface area contributed by atoms with Crippen LogP contribution in [-0.2, 0) is 0 Å². The van der Waals surface area contributed by atoms with Gasteiger partial charge in [-0.1, -0.05) is 23.7 Å². The summed E-state index contributed by atoms with van der Waals surface area (Å²) in [5, 5.41) is 3.87. The van der Waals surface area contributed by atoms with Crippen LogP contribution in [0.25, 0.3) is 11.1 Å². The molecule has 0 atom stereocenters. The summed E-state index contributed by atoms with van der Waals surface area (Å²) >= 11 is 5.85. The summed E-state index contributed by atoms with van der Waals surface area (Å²) in [7, 11) is 1.93. The molecule has 3 nitrogen and oxygen atoms in total. The summed E-state index contributed by atoms with van der Waals surface area (Å²) in [6.45, 7) is 0.566. The smallest absolute Gasteiger partial charge is 0.220 e. The van der Waals surface area contributed by atoms with E-state index in [0.29, 0.717) is 22.9 Å². The number of rotatable bonds is 5. The second-order valence-corrected chi connectivity index (χ2v) is 5.77. The zero-order chi connectivity index (χ0) is 14.9. The van der Waals surface area contributed by atoms with E-state index in [-0.39, 0.29) is 17.9 Å². The highest BCUT2D eigenvalue weighted by atomic mass is 35.5. The lowest BCUT2D eigenvalue weighted by Crippen LogP contribution is -2.33. The molecule has 6 heteroatoms. The summed E-state index contributed by atoms with van der Waals surface area (Å²) in [6.07, 6.45) is 3.62. The molecule has 0 aliphatic heterocycles. The van der Waals surface area contributed by atoms with E-state index < -0.39 is 5.95 Å². The number of hydrogen-bond acceptors (Lipinski definition) is 3. The third-order valence-electron chi connectivity index (χ3n) is 3.87. The monoisotopic (exact) mass is 342 g/mol. The van der Waals surface area contributed by atoms with Crippen molar-refractivity contribution in [1.29, 1.82) is 0 Å². The van der Waals surface area contributed by atoms with Gasteiger partial charge in [0.05, 0.1) is 11.7 Å². The second-order valence-electron chi connectivity index (χ2n) is 5.34. The zero-order valence-corrected chi connectivity index (χ0v) is 13.7. The Balaban J connectivity index is 0.00000176. The lowest BCUT2D eigenvalue weighted by molar-refractivity contribution is 0.258. The average molecular weight is 343 g/mol. The van der Waals surface area contributed by atoms with E-state index in [1.165, 1.54) is 6.20 Å². The lowest BCUT2D eigenvalue weighted by Gasteiger charge is -2.15. The van der Waals surface area contributed by atoms with Gasteiger partial charge in [-0.2, -0.15) is 4.39 Å². The topological polar surface area (TPSA) is 34.1 Å². The van der Waals surface area contributed by atoms with Crippen molar-refractivity contribution >= 4 is 24.0 Å². The predicted molar refractivity (Wildman–Crippen MR) is 88.4 cm³/mol. The van der Waals surface area contributed by atoms with Gasteiger partial charge in [-0.15, -0.1) is 12.4 Å². The molecule has 0 amide bonds. The van der Waals surface area contributed by atoms with E-state index in [0.717, 1.165) is 18.4 Å². The maximum Gasteiger partial charge on any atom is 0.220 e. The Kier molecular flexibility index (Phi) is 5.27. The first-order chi connectivity index (χ1) is 10.1. The van der Waals surface area contributed by atoms with Crippen LogP contribution in [-0.4, -0.2) is 24.2 Å². The van der Waals surface area contributed by atoms with Gasteiger partial charge in [-0.3, -0.25) is 0 Å². The first-order valence-corrected chi connectivity index (χ1v) is 7.23. The molecule has 0 bridgehead atoms. The Labute approximate surface area is 140 Å². The first-order valence-electron chi connectivity index (χ1n) is 6.85. The molecular formula is C16H17Cl2FN2O. The number of aromatic nitrogens is 1. The fourth-order valence-electron chi connectivity index (χ4n) is 2.18. The standard InChI is InChI=1S/C16H16ClFN2O.ClH/c1-19-16(6-7-16)10-21-13-8-14(15(18)20-9-13)11-2-4-12(17)5-3-11;/h2-5,8-9,19H,6-7,10H2,1H3;1H. The number of nitrogens with zero attached hydrogens (tertiary/aromatic N) is 1. The second kappa shape index (κ2) is 6.82. The van der Waals surface area contributed by atoms with Gasteiger partial charge in [0.25, 0.3) is 0 Å². The van der Waals surface area contributed by atoms with Crippen molar-refractivity contribution in [2.75, 3.05) is 13.7 Å². The molecule has 1 N–H and O–H groups in total. The van der Waals surface area contributed by atoms with E-state index in [4.69, 9.17) is 16.3 Å². The van der Waals surface area contributed by atoms with Crippen LogP contribution in [0.4, 0.5) is 4.39 Å². The quantitative estimate of drug-likeness (QED) is 0.831. The van der Waals surface area contributed by atoms with Crippen molar-refractivity contribution in [1.82, 2.24) is 10.3 Å². The number of halogens is 3. The van der Waals surface area contributed by atoms with Crippen molar-refractivity contribution in [2.24, 2.45) is 0 Å². The molecular weight excluding hydrogens is 326 g/mol. The van der Waals surface area contributed by atoms with Gasteiger partial charge in [-0.05, 0) is 43.7 Å². The molecule has 1 aliphatic carbocycles. The Morgan fingerprint density at radius 2 is 2.00 bits per heavy atom. The number of likely N-dealkylation sites (N-methyl/N-ethyl adjacent to an activating group) is 1. The molecule has 3 rings (SSSR count). The number of hydrogen-bond donors (Lipinski definition) is 1. The minimum atomic E-state index is -0.514. The molecule has 1 aromatic carbocycles. The molecule has 1 aliphatic rings. The van der Waals surface area contributed by atoms with Crippen molar-refractivity contribution < 1.29 is 9.13 Å². The highest BCUT2D eigenvalue weighted by Crippen LogP contribution is 2.35. The molecule has 0 saturated heterocycles. The van der Waals surface area contributed by atoms with E-state index in [1.54, 1.807) is 30.3 Å².